The molecule has 5 aliphatic carbocycles. The lowest BCUT2D eigenvalue weighted by atomic mass is 9.79. The maximum Gasteiger partial charge on any atom is 0.200 e. The molecule has 2 aliphatic heterocycles. The van der Waals surface area contributed by atoms with Crippen molar-refractivity contribution < 1.29 is 4.79 Å². The number of anilines is 2. The molecule has 0 bridgehead atoms. The number of benzene rings is 2. The zero-order valence-electron chi connectivity index (χ0n) is 34.5. The van der Waals surface area contributed by atoms with E-state index in [0.717, 1.165) is 112 Å². The van der Waals surface area contributed by atoms with Gasteiger partial charge in [0.1, 0.15) is 19.2 Å². The quantitative estimate of drug-likeness (QED) is 0.149. The highest BCUT2D eigenvalue weighted by atomic mass is 16.1. The number of nitrogens with zero attached hydrogens (tertiary/aromatic N) is 4. The molecule has 0 aromatic heterocycles. The number of ketones is 1. The van der Waals surface area contributed by atoms with E-state index in [4.69, 9.17) is 21.5 Å². The number of guanidine groups is 1. The monoisotopic (exact) mass is 785 g/mol. The van der Waals surface area contributed by atoms with E-state index >= 15 is 0 Å². The number of fused-ring (bicyclic) bond motifs is 2. The number of nitrogens with two attached hydrogens (primary N) is 2. The molecule has 11 nitrogen and oxygen atoms in total. The molecular weight excluding hydrogens is 721 g/mol. The van der Waals surface area contributed by atoms with E-state index in [1.807, 2.05) is 12.1 Å². The predicted molar refractivity (Wildman–Crippen MR) is 237 cm³/mol. The molecule has 2 saturated carbocycles. The van der Waals surface area contributed by atoms with Crippen molar-refractivity contribution in [1.29, 1.82) is 0 Å². The van der Waals surface area contributed by atoms with E-state index in [0.29, 0.717) is 25.8 Å². The van der Waals surface area contributed by atoms with E-state index < -0.39 is 5.54 Å². The van der Waals surface area contributed by atoms with Crippen molar-refractivity contribution in [3.63, 3.8) is 0 Å². The van der Waals surface area contributed by atoms with Crippen LogP contribution >= 0.6 is 0 Å². The molecule has 2 aromatic carbocycles. The first-order valence-corrected chi connectivity index (χ1v) is 21.9. The number of allylic oxidation sites excluding steroid dienone is 4. The number of likely N-dealkylation sites (N-methyl/N-ethyl adjacent to an activating group) is 1. The first-order valence-electron chi connectivity index (χ1n) is 21.9. The number of para-hydroxylation sites is 2. The topological polar surface area (TPSA) is 148 Å². The Morgan fingerprint density at radius 1 is 0.793 bits per heavy atom. The van der Waals surface area contributed by atoms with Gasteiger partial charge in [0.15, 0.2) is 5.78 Å². The Morgan fingerprint density at radius 2 is 1.48 bits per heavy atom. The van der Waals surface area contributed by atoms with E-state index in [2.05, 4.69) is 98.8 Å². The lowest BCUT2D eigenvalue weighted by molar-refractivity contribution is -0.116. The lowest BCUT2D eigenvalue weighted by Crippen LogP contribution is -2.45. The molecule has 7 aliphatic rings. The summed E-state index contributed by atoms with van der Waals surface area (Å²) in [4.78, 5) is 26.8. The van der Waals surface area contributed by atoms with Gasteiger partial charge < -0.3 is 42.5 Å². The van der Waals surface area contributed by atoms with Gasteiger partial charge in [-0.2, -0.15) is 0 Å². The van der Waals surface area contributed by atoms with Crippen LogP contribution in [0.1, 0.15) is 108 Å². The third-order valence-corrected chi connectivity index (χ3v) is 13.2. The molecule has 2 aromatic rings. The summed E-state index contributed by atoms with van der Waals surface area (Å²) in [7, 11) is 2.07. The minimum atomic E-state index is -0.435. The van der Waals surface area contributed by atoms with Crippen molar-refractivity contribution in [3.05, 3.63) is 107 Å². The number of carbonyl (C=O) groups excluding carboxylic acids is 1. The van der Waals surface area contributed by atoms with Crippen LogP contribution in [0.2, 0.25) is 0 Å². The minimum absolute atomic E-state index is 0.0771. The number of carbonyl (C=O) groups is 1. The third kappa shape index (κ3) is 8.90. The maximum atomic E-state index is 12.6. The average molecular weight is 785 g/mol. The second-order valence-electron chi connectivity index (χ2n) is 17.3. The highest BCUT2D eigenvalue weighted by molar-refractivity contribution is 6.04. The molecule has 58 heavy (non-hydrogen) atoms. The Kier molecular flexibility index (Phi) is 12.4. The van der Waals surface area contributed by atoms with Gasteiger partial charge in [0.2, 0.25) is 5.96 Å². The van der Waals surface area contributed by atoms with Crippen LogP contribution in [0, 0.1) is 0 Å². The second kappa shape index (κ2) is 18.0. The summed E-state index contributed by atoms with van der Waals surface area (Å²) >= 11 is 0. The van der Waals surface area contributed by atoms with Crippen LogP contribution in [0.25, 0.3) is 0 Å². The second-order valence-corrected chi connectivity index (χ2v) is 17.3. The van der Waals surface area contributed by atoms with Gasteiger partial charge >= 0.3 is 0 Å². The van der Waals surface area contributed by atoms with Crippen LogP contribution in [0.4, 0.5) is 11.4 Å². The van der Waals surface area contributed by atoms with Crippen LogP contribution in [0.5, 0.6) is 0 Å². The fourth-order valence-electron chi connectivity index (χ4n) is 10.2. The molecule has 3 fully saturated rings. The Labute approximate surface area is 345 Å². The van der Waals surface area contributed by atoms with Crippen molar-refractivity contribution >= 4 is 29.0 Å². The fraction of sp³-hybridized carbons (Fsp3) is 0.511. The molecule has 8 N–H and O–H groups in total. The summed E-state index contributed by atoms with van der Waals surface area (Å²) in [6.45, 7) is 2.63. The zero-order valence-corrected chi connectivity index (χ0v) is 34.5. The van der Waals surface area contributed by atoms with Crippen LogP contribution in [-0.2, 0) is 11.3 Å². The van der Waals surface area contributed by atoms with Gasteiger partial charge in [0.05, 0.1) is 30.5 Å². The van der Waals surface area contributed by atoms with Crippen LogP contribution in [0.15, 0.2) is 111 Å². The van der Waals surface area contributed by atoms with Gasteiger partial charge in [-0.05, 0) is 100.0 Å². The number of Topliss-reactive ketones (excluding diaryl/α,β-unsaturated/α-hetero) is 1. The Hall–Kier alpha value is -4.87. The van der Waals surface area contributed by atoms with Crippen LogP contribution < -0.4 is 37.6 Å². The van der Waals surface area contributed by atoms with E-state index in [9.17, 15) is 4.79 Å². The molecule has 9 rings (SSSR count). The van der Waals surface area contributed by atoms with Gasteiger partial charge in [-0.15, -0.1) is 0 Å². The lowest BCUT2D eigenvalue weighted by Gasteiger charge is -2.33. The summed E-state index contributed by atoms with van der Waals surface area (Å²) in [6, 6.07) is 19.2. The summed E-state index contributed by atoms with van der Waals surface area (Å²) in [5, 5.41) is 14.2. The zero-order chi connectivity index (χ0) is 40.0. The molecule has 11 heteroatoms. The number of amidine groups is 1. The number of hydrogen-bond donors (Lipinski definition) is 6. The summed E-state index contributed by atoms with van der Waals surface area (Å²) in [6.07, 6.45) is 23.6. The van der Waals surface area contributed by atoms with Crippen LogP contribution in [-0.4, -0.2) is 66.5 Å². The molecule has 0 radical (unpaired) electrons. The molecule has 0 spiro atoms. The van der Waals surface area contributed by atoms with Crippen molar-refractivity contribution in [2.45, 2.75) is 126 Å². The van der Waals surface area contributed by atoms with Crippen molar-refractivity contribution in [3.8, 4) is 0 Å². The summed E-state index contributed by atoms with van der Waals surface area (Å²) in [5.41, 5.74) is 22.5. The van der Waals surface area contributed by atoms with Crippen molar-refractivity contribution in [1.82, 2.24) is 20.9 Å². The molecule has 308 valence electrons. The highest BCUT2D eigenvalue weighted by Gasteiger charge is 2.40. The third-order valence-electron chi connectivity index (χ3n) is 13.2. The van der Waals surface area contributed by atoms with Gasteiger partial charge in [0, 0.05) is 47.2 Å². The average Bonchev–Trinajstić information content (AvgIpc) is 3.98. The molecule has 0 amide bonds. The molecule has 1 atom stereocenters. The van der Waals surface area contributed by atoms with E-state index in [-0.39, 0.29) is 11.3 Å². The van der Waals surface area contributed by atoms with Gasteiger partial charge in [-0.3, -0.25) is 4.79 Å². The van der Waals surface area contributed by atoms with Crippen molar-refractivity contribution in [2.24, 2.45) is 21.5 Å². The SMILES string of the molecule is CN1C/C(=N\CNC2=C(C3(N)CCCC3)C(=O)CCC2)Nc2ccccc21.NC1(C2=C(NC/N=C3/NC4CC=CC=C4N3Cc3ccccc3)CCCC2)CCCC1. The van der Waals surface area contributed by atoms with Gasteiger partial charge in [-0.25, -0.2) is 9.98 Å². The number of rotatable bonds is 10. The first-order chi connectivity index (χ1) is 28.3. The summed E-state index contributed by atoms with van der Waals surface area (Å²) in [5.74, 6) is 2.12. The Morgan fingerprint density at radius 3 is 2.29 bits per heavy atom. The Balaban J connectivity index is 0.000000164. The predicted octanol–water partition coefficient (Wildman–Crippen LogP) is 7.08. The number of hydrogen-bond acceptors (Lipinski definition) is 8. The molecular formula is C47H64N10O. The smallest absolute Gasteiger partial charge is 0.200 e. The maximum absolute atomic E-state index is 12.6. The summed E-state index contributed by atoms with van der Waals surface area (Å²) < 4.78 is 0. The fourth-order valence-corrected chi connectivity index (χ4v) is 10.2. The molecule has 1 saturated heterocycles. The van der Waals surface area contributed by atoms with Crippen LogP contribution in [0.3, 0.4) is 0 Å². The largest absolute Gasteiger partial charge is 0.370 e. The molecule has 1 unspecified atom stereocenters. The van der Waals surface area contributed by atoms with Gasteiger partial charge in [-0.1, -0.05) is 80.3 Å². The number of aliphatic imine (C=N–C) groups is 2. The van der Waals surface area contributed by atoms with E-state index in [1.165, 1.54) is 53.9 Å². The van der Waals surface area contributed by atoms with Crippen molar-refractivity contribution in [2.75, 3.05) is 37.1 Å². The number of nitrogens with one attached hydrogen (secondary N) is 4. The highest BCUT2D eigenvalue weighted by Crippen LogP contribution is 2.41. The first kappa shape index (κ1) is 39.9. The standard InChI is InChI=1S/C26H35N5.C21H29N5O/c27-26(16-8-9-17-26)21-12-4-5-13-22(21)28-19-29-25-30-23-14-6-7-15-24(23)31(25)18-20-10-2-1-3-11-20;1-26-13-19(25-15-7-2-3-9-17(15)26)24-14-23-16-8-6-10-18(27)20(16)21(22)11-4-5-12-21/h1-3,6-7,10-11,15,23,28H,4-5,8-9,12-14,16-19,27H2,(H,29,30);2-3,7,9,23H,4-6,8,10-14,22H2,1H3,(H,24,25). The van der Waals surface area contributed by atoms with Gasteiger partial charge in [0.25, 0.3) is 0 Å². The van der Waals surface area contributed by atoms with E-state index in [1.54, 1.807) is 0 Å². The minimum Gasteiger partial charge on any atom is -0.370 e. The normalized spacial score (nSPS) is 24.8. The molecule has 2 heterocycles. The Bertz CT molecular complexity index is 1980.